The number of rotatable bonds is 10. The van der Waals surface area contributed by atoms with Crippen LogP contribution < -0.4 is 5.32 Å². The van der Waals surface area contributed by atoms with Gasteiger partial charge in [-0.3, -0.25) is 14.2 Å². The molecule has 0 rings (SSSR count). The first-order valence-electron chi connectivity index (χ1n) is 8.21. The minimum Gasteiger partial charge on any atom is -0.356 e. The number of phosphoric ester groups is 1. The Balaban J connectivity index is 3.98. The highest BCUT2D eigenvalue weighted by Gasteiger charge is 2.20. The van der Waals surface area contributed by atoms with Gasteiger partial charge in [0.1, 0.15) is 6.11 Å². The lowest BCUT2D eigenvalue weighted by Crippen LogP contribution is -2.20. The van der Waals surface area contributed by atoms with Crippen LogP contribution in [0.5, 0.6) is 0 Å². The number of phosphoric acid groups is 1. The number of hydrogen-bond donors (Lipinski definition) is 2. The average molecular weight is 377 g/mol. The van der Waals surface area contributed by atoms with Crippen molar-refractivity contribution in [2.24, 2.45) is 0 Å². The Morgan fingerprint density at radius 2 is 1.85 bits per heavy atom. The summed E-state index contributed by atoms with van der Waals surface area (Å²) >= 11 is 0. The Morgan fingerprint density at radius 1 is 1.15 bits per heavy atom. The van der Waals surface area contributed by atoms with Crippen LogP contribution in [0.25, 0.3) is 0 Å². The number of hydrogen-bond acceptors (Lipinski definition) is 4. The van der Waals surface area contributed by atoms with Crippen LogP contribution in [0.2, 0.25) is 0 Å². The van der Waals surface area contributed by atoms with Crippen LogP contribution in [-0.4, -0.2) is 24.0 Å². The smallest absolute Gasteiger partial charge is 0.356 e. The van der Waals surface area contributed by atoms with Gasteiger partial charge in [0, 0.05) is 30.9 Å². The lowest BCUT2D eigenvalue weighted by Gasteiger charge is -2.08. The molecular formula is C19H24NO5P. The molecule has 0 aromatic rings. The summed E-state index contributed by atoms with van der Waals surface area (Å²) in [6.07, 6.45) is 5.89. The summed E-state index contributed by atoms with van der Waals surface area (Å²) in [4.78, 5) is 20.1. The normalized spacial score (nSPS) is 11.0. The molecule has 0 aliphatic carbocycles. The molecule has 0 aromatic heterocycles. The van der Waals surface area contributed by atoms with E-state index >= 15 is 0 Å². The summed E-state index contributed by atoms with van der Waals surface area (Å²) in [5.41, 5.74) is 3.42. The van der Waals surface area contributed by atoms with Gasteiger partial charge in [-0.15, -0.1) is 5.73 Å². The SMILES string of the molecule is C=C=C(C#CC#CC#COP(=O)(O)OCCCCCCNC(C)=O)CC. The molecule has 0 aliphatic heterocycles. The minimum absolute atomic E-state index is 0.0520. The molecule has 0 saturated carbocycles. The van der Waals surface area contributed by atoms with Crippen LogP contribution in [0, 0.1) is 35.7 Å². The fourth-order valence-electron chi connectivity index (χ4n) is 1.58. The van der Waals surface area contributed by atoms with E-state index in [0.717, 1.165) is 24.8 Å². The topological polar surface area (TPSA) is 84.9 Å². The molecule has 0 radical (unpaired) electrons. The van der Waals surface area contributed by atoms with Gasteiger partial charge in [0.25, 0.3) is 0 Å². The molecule has 0 aliphatic rings. The van der Waals surface area contributed by atoms with Crippen molar-refractivity contribution in [3.8, 4) is 35.7 Å². The third-order valence-electron chi connectivity index (χ3n) is 2.88. The summed E-state index contributed by atoms with van der Waals surface area (Å²) in [5, 5.41) is 2.70. The highest BCUT2D eigenvalue weighted by atomic mass is 31.2. The maximum atomic E-state index is 11.5. The quantitative estimate of drug-likeness (QED) is 0.265. The predicted molar refractivity (Wildman–Crippen MR) is 100 cm³/mol. The second-order valence-corrected chi connectivity index (χ2v) is 6.40. The van der Waals surface area contributed by atoms with Crippen molar-refractivity contribution in [2.45, 2.75) is 46.0 Å². The number of unbranched alkanes of at least 4 members (excludes halogenated alkanes) is 3. The van der Waals surface area contributed by atoms with Gasteiger partial charge < -0.3 is 9.84 Å². The highest BCUT2D eigenvalue weighted by Crippen LogP contribution is 2.42. The molecule has 7 heteroatoms. The lowest BCUT2D eigenvalue weighted by molar-refractivity contribution is -0.118. The molecule has 0 bridgehead atoms. The molecule has 6 nitrogen and oxygen atoms in total. The Kier molecular flexibility index (Phi) is 13.6. The summed E-state index contributed by atoms with van der Waals surface area (Å²) in [7, 11) is -4.20. The van der Waals surface area contributed by atoms with Gasteiger partial charge in [0.05, 0.1) is 6.61 Å². The van der Waals surface area contributed by atoms with Crippen molar-refractivity contribution >= 4 is 13.7 Å². The molecule has 0 spiro atoms. The monoisotopic (exact) mass is 377 g/mol. The number of amides is 1. The Morgan fingerprint density at radius 3 is 2.50 bits per heavy atom. The third kappa shape index (κ3) is 15.2. The van der Waals surface area contributed by atoms with Crippen molar-refractivity contribution < 1.29 is 23.3 Å². The van der Waals surface area contributed by atoms with Gasteiger partial charge in [-0.25, -0.2) is 4.57 Å². The van der Waals surface area contributed by atoms with Gasteiger partial charge >= 0.3 is 7.82 Å². The molecule has 1 amide bonds. The maximum absolute atomic E-state index is 11.5. The molecule has 0 saturated heterocycles. The molecule has 0 heterocycles. The van der Waals surface area contributed by atoms with E-state index in [0.29, 0.717) is 19.4 Å². The lowest BCUT2D eigenvalue weighted by atomic mass is 10.2. The van der Waals surface area contributed by atoms with Crippen molar-refractivity contribution in [3.05, 3.63) is 17.9 Å². The van der Waals surface area contributed by atoms with Crippen LogP contribution in [0.1, 0.15) is 46.0 Å². The van der Waals surface area contributed by atoms with E-state index in [9.17, 15) is 14.3 Å². The van der Waals surface area contributed by atoms with E-state index in [4.69, 9.17) is 4.52 Å². The molecule has 140 valence electrons. The van der Waals surface area contributed by atoms with Crippen LogP contribution in [0.15, 0.2) is 17.9 Å². The molecule has 26 heavy (non-hydrogen) atoms. The first-order chi connectivity index (χ1) is 12.4. The largest absolute Gasteiger partial charge is 0.535 e. The van der Waals surface area contributed by atoms with Crippen molar-refractivity contribution in [3.63, 3.8) is 0 Å². The first kappa shape index (κ1) is 23.6. The van der Waals surface area contributed by atoms with E-state index in [1.807, 2.05) is 13.0 Å². The predicted octanol–water partition coefficient (Wildman–Crippen LogP) is 2.91. The third-order valence-corrected chi connectivity index (χ3v) is 3.71. The zero-order valence-corrected chi connectivity index (χ0v) is 16.1. The van der Waals surface area contributed by atoms with Crippen molar-refractivity contribution in [1.29, 1.82) is 0 Å². The second-order valence-electron chi connectivity index (χ2n) is 5.03. The van der Waals surface area contributed by atoms with Gasteiger partial charge in [-0.2, -0.15) is 0 Å². The summed E-state index contributed by atoms with van der Waals surface area (Å²) in [6, 6.07) is 0. The summed E-state index contributed by atoms with van der Waals surface area (Å²) < 4.78 is 20.8. The van der Waals surface area contributed by atoms with Gasteiger partial charge in [0.15, 0.2) is 0 Å². The number of carbonyl (C=O) groups is 1. The van der Waals surface area contributed by atoms with E-state index in [2.05, 4.69) is 51.8 Å². The average Bonchev–Trinajstić information content (AvgIpc) is 2.59. The van der Waals surface area contributed by atoms with Crippen LogP contribution in [-0.2, 0) is 18.4 Å². The number of allylic oxidation sites excluding steroid dienone is 1. The first-order valence-corrected chi connectivity index (χ1v) is 9.71. The van der Waals surface area contributed by atoms with E-state index in [1.54, 1.807) is 0 Å². The Hall–Kier alpha value is -2.38. The minimum atomic E-state index is -4.20. The van der Waals surface area contributed by atoms with E-state index in [1.165, 1.54) is 6.92 Å². The van der Waals surface area contributed by atoms with Gasteiger partial charge in [0.2, 0.25) is 5.91 Å². The van der Waals surface area contributed by atoms with Crippen LogP contribution in [0.3, 0.4) is 0 Å². The number of carbonyl (C=O) groups excluding carboxylic acids is 1. The molecule has 0 fully saturated rings. The van der Waals surface area contributed by atoms with Crippen LogP contribution >= 0.6 is 7.82 Å². The Labute approximate surface area is 155 Å². The van der Waals surface area contributed by atoms with Crippen molar-refractivity contribution in [2.75, 3.05) is 13.2 Å². The summed E-state index contributed by atoms with van der Waals surface area (Å²) in [5.74, 6) is 12.3. The number of nitrogens with one attached hydrogen (secondary N) is 1. The van der Waals surface area contributed by atoms with E-state index < -0.39 is 7.82 Å². The highest BCUT2D eigenvalue weighted by molar-refractivity contribution is 7.47. The molecule has 1 unspecified atom stereocenters. The maximum Gasteiger partial charge on any atom is 0.535 e. The standard InChI is InChI=1S/C19H24NO5P/c1-4-19(5-2)14-10-6-8-12-16-24-26(22,23)25-17-13-9-7-11-15-20-18(3)21/h1,5,7,9,11,13,15,17H2,2-3H3,(H,20,21)(H,22,23). The van der Waals surface area contributed by atoms with E-state index in [-0.39, 0.29) is 12.5 Å². The van der Waals surface area contributed by atoms with Gasteiger partial charge in [-0.1, -0.05) is 26.3 Å². The molecule has 0 aromatic carbocycles. The Bertz CT molecular complexity index is 733. The molecule has 2 N–H and O–H groups in total. The van der Waals surface area contributed by atoms with Crippen LogP contribution in [0.4, 0.5) is 0 Å². The summed E-state index contributed by atoms with van der Waals surface area (Å²) in [6.45, 7) is 7.60. The van der Waals surface area contributed by atoms with Crippen molar-refractivity contribution in [1.82, 2.24) is 5.32 Å². The molecule has 1 atom stereocenters. The fourth-order valence-corrected chi connectivity index (χ4v) is 2.16. The van der Waals surface area contributed by atoms with Gasteiger partial charge in [-0.05, 0) is 37.0 Å². The second kappa shape index (κ2) is 14.9. The zero-order valence-electron chi connectivity index (χ0n) is 15.2. The molecular weight excluding hydrogens is 353 g/mol. The fraction of sp³-hybridized carbons (Fsp3) is 0.474. The zero-order chi connectivity index (χ0) is 19.7.